The molecule has 0 saturated carbocycles. The summed E-state index contributed by atoms with van der Waals surface area (Å²) in [5.74, 6) is -0.146. The molecule has 2 amide bonds. The predicted octanol–water partition coefficient (Wildman–Crippen LogP) is -0.253. The molecule has 0 atom stereocenters. The standard InChI is InChI=1S/C11H21N3O2/c1-4-7-13-11(16)9-14(6-3)8-10(15)12-5-2/h4H,1,5-9H2,2-3H3,(H,12,15)(H,13,16). The van der Waals surface area contributed by atoms with Crippen molar-refractivity contribution in [1.29, 1.82) is 0 Å². The summed E-state index contributed by atoms with van der Waals surface area (Å²) in [4.78, 5) is 24.5. The second-order valence-corrected chi connectivity index (χ2v) is 3.35. The predicted molar refractivity (Wildman–Crippen MR) is 64.0 cm³/mol. The van der Waals surface area contributed by atoms with Crippen LogP contribution in [0.1, 0.15) is 13.8 Å². The minimum atomic E-state index is -0.0916. The van der Waals surface area contributed by atoms with Crippen LogP contribution in [0.2, 0.25) is 0 Å². The van der Waals surface area contributed by atoms with Crippen LogP contribution in [0.25, 0.3) is 0 Å². The maximum atomic E-state index is 11.4. The van der Waals surface area contributed by atoms with Crippen LogP contribution in [-0.2, 0) is 9.59 Å². The van der Waals surface area contributed by atoms with Gasteiger partial charge in [0.05, 0.1) is 13.1 Å². The molecule has 0 saturated heterocycles. The lowest BCUT2D eigenvalue weighted by Crippen LogP contribution is -2.42. The zero-order valence-corrected chi connectivity index (χ0v) is 10.1. The highest BCUT2D eigenvalue weighted by atomic mass is 16.2. The second kappa shape index (κ2) is 8.91. The van der Waals surface area contributed by atoms with Gasteiger partial charge in [-0.15, -0.1) is 6.58 Å². The number of carbonyl (C=O) groups is 2. The lowest BCUT2D eigenvalue weighted by molar-refractivity contribution is -0.124. The Hall–Kier alpha value is -1.36. The van der Waals surface area contributed by atoms with E-state index in [4.69, 9.17) is 0 Å². The van der Waals surface area contributed by atoms with Crippen molar-refractivity contribution in [3.63, 3.8) is 0 Å². The molecule has 0 aliphatic heterocycles. The van der Waals surface area contributed by atoms with Crippen molar-refractivity contribution in [2.45, 2.75) is 13.8 Å². The SMILES string of the molecule is C=CCNC(=O)CN(CC)CC(=O)NCC. The molecular weight excluding hydrogens is 206 g/mol. The van der Waals surface area contributed by atoms with E-state index in [2.05, 4.69) is 17.2 Å². The van der Waals surface area contributed by atoms with Gasteiger partial charge in [-0.05, 0) is 13.5 Å². The molecule has 0 aliphatic carbocycles. The minimum Gasteiger partial charge on any atom is -0.355 e. The van der Waals surface area contributed by atoms with Crippen LogP contribution in [0.5, 0.6) is 0 Å². The van der Waals surface area contributed by atoms with Crippen molar-refractivity contribution in [2.75, 3.05) is 32.7 Å². The van der Waals surface area contributed by atoms with E-state index >= 15 is 0 Å². The zero-order chi connectivity index (χ0) is 12.4. The number of nitrogens with one attached hydrogen (secondary N) is 2. The Morgan fingerprint density at radius 1 is 1.19 bits per heavy atom. The summed E-state index contributed by atoms with van der Waals surface area (Å²) >= 11 is 0. The van der Waals surface area contributed by atoms with E-state index in [0.717, 1.165) is 0 Å². The van der Waals surface area contributed by atoms with Crippen molar-refractivity contribution in [3.8, 4) is 0 Å². The number of rotatable bonds is 8. The van der Waals surface area contributed by atoms with Gasteiger partial charge in [-0.1, -0.05) is 13.0 Å². The Morgan fingerprint density at radius 3 is 2.19 bits per heavy atom. The van der Waals surface area contributed by atoms with Crippen LogP contribution in [0.3, 0.4) is 0 Å². The summed E-state index contributed by atoms with van der Waals surface area (Å²) < 4.78 is 0. The zero-order valence-electron chi connectivity index (χ0n) is 10.1. The quantitative estimate of drug-likeness (QED) is 0.562. The van der Waals surface area contributed by atoms with Gasteiger partial charge in [0.2, 0.25) is 11.8 Å². The fraction of sp³-hybridized carbons (Fsp3) is 0.636. The Kier molecular flexibility index (Phi) is 8.15. The van der Waals surface area contributed by atoms with Gasteiger partial charge in [0.1, 0.15) is 0 Å². The number of hydrogen-bond donors (Lipinski definition) is 2. The van der Waals surface area contributed by atoms with Crippen molar-refractivity contribution in [3.05, 3.63) is 12.7 Å². The van der Waals surface area contributed by atoms with Gasteiger partial charge in [0.25, 0.3) is 0 Å². The first-order valence-electron chi connectivity index (χ1n) is 5.50. The molecule has 0 aromatic heterocycles. The summed E-state index contributed by atoms with van der Waals surface area (Å²) in [7, 11) is 0. The number of nitrogens with zero attached hydrogens (tertiary/aromatic N) is 1. The van der Waals surface area contributed by atoms with Gasteiger partial charge in [-0.2, -0.15) is 0 Å². The molecule has 0 spiro atoms. The van der Waals surface area contributed by atoms with Crippen LogP contribution >= 0.6 is 0 Å². The third-order valence-corrected chi connectivity index (χ3v) is 2.00. The monoisotopic (exact) mass is 227 g/mol. The van der Waals surface area contributed by atoms with Crippen LogP contribution < -0.4 is 10.6 Å². The average molecular weight is 227 g/mol. The topological polar surface area (TPSA) is 61.4 Å². The van der Waals surface area contributed by atoms with E-state index in [1.807, 2.05) is 13.8 Å². The van der Waals surface area contributed by atoms with Gasteiger partial charge in [0, 0.05) is 13.1 Å². The maximum Gasteiger partial charge on any atom is 0.234 e. The summed E-state index contributed by atoms with van der Waals surface area (Å²) in [6.07, 6.45) is 1.62. The van der Waals surface area contributed by atoms with E-state index in [9.17, 15) is 9.59 Å². The lowest BCUT2D eigenvalue weighted by atomic mass is 10.4. The number of likely N-dealkylation sites (N-methyl/N-ethyl adjacent to an activating group) is 2. The summed E-state index contributed by atoms with van der Waals surface area (Å²) in [5.41, 5.74) is 0. The smallest absolute Gasteiger partial charge is 0.234 e. The van der Waals surface area contributed by atoms with E-state index in [-0.39, 0.29) is 24.9 Å². The molecule has 0 unspecified atom stereocenters. The first-order valence-corrected chi connectivity index (χ1v) is 5.50. The Balaban J connectivity index is 3.94. The molecule has 16 heavy (non-hydrogen) atoms. The molecule has 0 rings (SSSR count). The Labute approximate surface area is 96.9 Å². The third kappa shape index (κ3) is 7.00. The number of amides is 2. The first-order chi connectivity index (χ1) is 7.63. The van der Waals surface area contributed by atoms with Gasteiger partial charge < -0.3 is 10.6 Å². The molecule has 0 aromatic rings. The number of carbonyl (C=O) groups excluding carboxylic acids is 2. The molecule has 92 valence electrons. The van der Waals surface area contributed by atoms with Crippen LogP contribution in [0, 0.1) is 0 Å². The van der Waals surface area contributed by atoms with Crippen molar-refractivity contribution < 1.29 is 9.59 Å². The maximum absolute atomic E-state index is 11.4. The van der Waals surface area contributed by atoms with E-state index in [0.29, 0.717) is 19.6 Å². The molecule has 2 N–H and O–H groups in total. The molecule has 0 aliphatic rings. The molecule has 5 nitrogen and oxygen atoms in total. The van der Waals surface area contributed by atoms with Crippen LogP contribution in [-0.4, -0.2) is 49.4 Å². The summed E-state index contributed by atoms with van der Waals surface area (Å²) in [6, 6.07) is 0. The van der Waals surface area contributed by atoms with Gasteiger partial charge in [0.15, 0.2) is 0 Å². The lowest BCUT2D eigenvalue weighted by Gasteiger charge is -2.18. The number of hydrogen-bond acceptors (Lipinski definition) is 3. The molecule has 0 heterocycles. The summed E-state index contributed by atoms with van der Waals surface area (Å²) in [6.45, 7) is 9.52. The van der Waals surface area contributed by atoms with E-state index < -0.39 is 0 Å². The molecule has 0 radical (unpaired) electrons. The molecule has 0 aromatic carbocycles. The fourth-order valence-electron chi connectivity index (χ4n) is 1.18. The van der Waals surface area contributed by atoms with Crippen molar-refractivity contribution >= 4 is 11.8 Å². The van der Waals surface area contributed by atoms with Crippen molar-refractivity contribution in [1.82, 2.24) is 15.5 Å². The normalized spacial score (nSPS) is 9.94. The minimum absolute atomic E-state index is 0.0547. The van der Waals surface area contributed by atoms with Gasteiger partial charge in [-0.3, -0.25) is 14.5 Å². The van der Waals surface area contributed by atoms with Crippen molar-refractivity contribution in [2.24, 2.45) is 0 Å². The molecular formula is C11H21N3O2. The first kappa shape index (κ1) is 14.6. The third-order valence-electron chi connectivity index (χ3n) is 2.00. The van der Waals surface area contributed by atoms with Crippen LogP contribution in [0.4, 0.5) is 0 Å². The molecule has 0 bridgehead atoms. The Bertz CT molecular complexity index is 241. The van der Waals surface area contributed by atoms with Gasteiger partial charge >= 0.3 is 0 Å². The van der Waals surface area contributed by atoms with Crippen LogP contribution in [0.15, 0.2) is 12.7 Å². The average Bonchev–Trinajstić information content (AvgIpc) is 2.25. The van der Waals surface area contributed by atoms with E-state index in [1.165, 1.54) is 0 Å². The van der Waals surface area contributed by atoms with Gasteiger partial charge in [-0.25, -0.2) is 0 Å². The summed E-state index contributed by atoms with van der Waals surface area (Å²) in [5, 5.41) is 5.37. The second-order valence-electron chi connectivity index (χ2n) is 3.35. The molecule has 5 heteroatoms. The molecule has 0 fully saturated rings. The van der Waals surface area contributed by atoms with E-state index in [1.54, 1.807) is 11.0 Å². The highest BCUT2D eigenvalue weighted by Gasteiger charge is 2.11. The fourth-order valence-corrected chi connectivity index (χ4v) is 1.18. The Morgan fingerprint density at radius 2 is 1.75 bits per heavy atom. The highest BCUT2D eigenvalue weighted by Crippen LogP contribution is 1.87. The largest absolute Gasteiger partial charge is 0.355 e. The highest BCUT2D eigenvalue weighted by molar-refractivity contribution is 5.81.